The van der Waals surface area contributed by atoms with Gasteiger partial charge in [-0.3, -0.25) is 9.80 Å². The van der Waals surface area contributed by atoms with Gasteiger partial charge < -0.3 is 32.7 Å². The van der Waals surface area contributed by atoms with Crippen LogP contribution >= 0.6 is 11.6 Å². The average molecular weight is 739 g/mol. The van der Waals surface area contributed by atoms with Gasteiger partial charge in [0.2, 0.25) is 5.28 Å². The zero-order chi connectivity index (χ0) is 38.5. The lowest BCUT2D eigenvalue weighted by molar-refractivity contribution is -0.0411. The highest BCUT2D eigenvalue weighted by Gasteiger charge is 2.54. The third kappa shape index (κ3) is 12.8. The quantitative estimate of drug-likeness (QED) is 0.108. The van der Waals surface area contributed by atoms with Gasteiger partial charge in [0.1, 0.15) is 11.6 Å². The third-order valence-corrected chi connectivity index (χ3v) is 12.1. The molecule has 1 aromatic rings. The van der Waals surface area contributed by atoms with Gasteiger partial charge in [0, 0.05) is 47.3 Å². The molecule has 12 heteroatoms. The Balaban J connectivity index is 0.000000641. The molecule has 0 aromatic carbocycles. The van der Waals surface area contributed by atoms with Gasteiger partial charge in [-0.15, -0.1) is 0 Å². The maximum Gasteiger partial charge on any atom is 0.225 e. The maximum atomic E-state index is 6.78. The average Bonchev–Trinajstić information content (AvgIpc) is 3.04. The van der Waals surface area contributed by atoms with Gasteiger partial charge in [-0.05, 0) is 159 Å². The molecule has 0 spiro atoms. The minimum atomic E-state index is -0.173. The first-order valence-electron chi connectivity index (χ1n) is 20.1. The number of likely N-dealkylation sites (N-methyl/N-ethyl adjacent to an activating group) is 2. The van der Waals surface area contributed by atoms with Crippen LogP contribution < -0.4 is 32.7 Å². The fourth-order valence-electron chi connectivity index (χ4n) is 8.39. The van der Waals surface area contributed by atoms with E-state index in [4.69, 9.17) is 38.0 Å². The number of nitrogens with one attached hydrogen (secondary N) is 4. The number of hydrogen-bond donors (Lipinski definition) is 6. The number of nitrogens with zero attached hydrogens (tertiary/aromatic N) is 5. The third-order valence-electron chi connectivity index (χ3n) is 12.0. The van der Waals surface area contributed by atoms with Crippen molar-refractivity contribution in [1.29, 1.82) is 0 Å². The van der Waals surface area contributed by atoms with Crippen molar-refractivity contribution in [2.24, 2.45) is 11.5 Å². The number of halogens is 1. The summed E-state index contributed by atoms with van der Waals surface area (Å²) in [5, 5.41) is 14.7. The van der Waals surface area contributed by atoms with Crippen LogP contribution in [0.4, 0.5) is 0 Å². The smallest absolute Gasteiger partial charge is 0.225 e. The Morgan fingerprint density at radius 2 is 0.980 bits per heavy atom. The van der Waals surface area contributed by atoms with Crippen molar-refractivity contribution in [2.75, 3.05) is 66.5 Å². The summed E-state index contributed by atoms with van der Waals surface area (Å²) in [5.74, 6) is 1.81. The predicted octanol–water partition coefficient (Wildman–Crippen LogP) is 4.86. The van der Waals surface area contributed by atoms with Gasteiger partial charge in [0.15, 0.2) is 0 Å². The van der Waals surface area contributed by atoms with Crippen LogP contribution in [-0.4, -0.2) is 125 Å². The number of hydrogen-bond acceptors (Lipinski definition) is 11. The summed E-state index contributed by atoms with van der Waals surface area (Å²) in [6.07, 6.45) is 8.82. The lowest BCUT2D eigenvalue weighted by Gasteiger charge is -2.58. The number of piperidine rings is 2. The van der Waals surface area contributed by atoms with Crippen molar-refractivity contribution in [1.82, 2.24) is 46.0 Å². The Labute approximate surface area is 318 Å². The molecule has 0 bridgehead atoms. The maximum absolute atomic E-state index is 6.78. The molecule has 2 saturated heterocycles. The number of aromatic nitrogens is 3. The molecular weight excluding hydrogens is 658 g/mol. The molecule has 11 nitrogen and oxygen atoms in total. The first kappa shape index (κ1) is 46.1. The number of unbranched alkanes of at least 4 members (excludes halogenated alkanes) is 2. The van der Waals surface area contributed by atoms with Gasteiger partial charge in [0.05, 0.1) is 11.8 Å². The Hall–Kier alpha value is -1.02. The molecule has 2 fully saturated rings. The van der Waals surface area contributed by atoms with Crippen molar-refractivity contribution < 1.29 is 0 Å². The summed E-state index contributed by atoms with van der Waals surface area (Å²) in [7, 11) is 4.49. The minimum absolute atomic E-state index is 0.0531. The molecule has 8 N–H and O–H groups in total. The summed E-state index contributed by atoms with van der Waals surface area (Å²) in [5.41, 5.74) is 10.4. The van der Waals surface area contributed by atoms with E-state index < -0.39 is 0 Å². The molecule has 4 atom stereocenters. The summed E-state index contributed by atoms with van der Waals surface area (Å²) in [4.78, 5) is 20.1. The van der Waals surface area contributed by atoms with Gasteiger partial charge in [-0.25, -0.2) is 15.0 Å². The van der Waals surface area contributed by atoms with E-state index in [2.05, 4.69) is 114 Å². The largest absolute Gasteiger partial charge is 0.330 e. The Morgan fingerprint density at radius 1 is 0.608 bits per heavy atom. The zero-order valence-corrected chi connectivity index (χ0v) is 35.6. The summed E-state index contributed by atoms with van der Waals surface area (Å²) in [6, 6.07) is 0.507. The van der Waals surface area contributed by atoms with Gasteiger partial charge in [-0.2, -0.15) is 0 Å². The van der Waals surface area contributed by atoms with Crippen LogP contribution in [0.5, 0.6) is 0 Å². The van der Waals surface area contributed by atoms with Gasteiger partial charge in [-0.1, -0.05) is 26.7 Å². The second-order valence-electron chi connectivity index (χ2n) is 17.3. The van der Waals surface area contributed by atoms with E-state index in [1.807, 2.05) is 0 Å². The Kier molecular flexibility index (Phi) is 19.2. The molecule has 0 radical (unpaired) electrons. The van der Waals surface area contributed by atoms with Crippen LogP contribution in [0.3, 0.4) is 0 Å². The highest BCUT2D eigenvalue weighted by Crippen LogP contribution is 2.48. The Morgan fingerprint density at radius 3 is 1.31 bits per heavy atom. The number of rotatable bonds is 19. The van der Waals surface area contributed by atoms with E-state index in [1.165, 1.54) is 12.8 Å². The standard InChI is InChI=1S/C31H58ClN7.C8H22N4/c1-13-15-17-33-21-19-28(3,4)38(11)30(7,8)23(21)25-35-26(37-27(32)36-25)24-22(34-18-16-14-2)20-29(5,6)39(12)31(24,9)10;9-3-1-5-11-7-8-12-6-2-4-10/h21-24,33-34H,13-20H2,1-12H3;11-12H,1-10H2. The van der Waals surface area contributed by atoms with E-state index >= 15 is 0 Å². The van der Waals surface area contributed by atoms with Gasteiger partial charge in [0.25, 0.3) is 0 Å². The van der Waals surface area contributed by atoms with Crippen LogP contribution in [0.2, 0.25) is 5.28 Å². The van der Waals surface area contributed by atoms with E-state index in [9.17, 15) is 0 Å². The predicted molar refractivity (Wildman–Crippen MR) is 218 cm³/mol. The van der Waals surface area contributed by atoms with Crippen LogP contribution in [0.15, 0.2) is 0 Å². The highest BCUT2D eigenvalue weighted by atomic mass is 35.5. The van der Waals surface area contributed by atoms with Crippen molar-refractivity contribution >= 4 is 11.6 Å². The topological polar surface area (TPSA) is 145 Å². The van der Waals surface area contributed by atoms with Gasteiger partial charge >= 0.3 is 0 Å². The zero-order valence-electron chi connectivity index (χ0n) is 34.9. The monoisotopic (exact) mass is 738 g/mol. The van der Waals surface area contributed by atoms with E-state index in [1.54, 1.807) is 0 Å². The van der Waals surface area contributed by atoms with E-state index in [0.29, 0.717) is 5.28 Å². The summed E-state index contributed by atoms with van der Waals surface area (Å²) in [6.45, 7) is 30.8. The van der Waals surface area contributed by atoms with Crippen molar-refractivity contribution in [2.45, 2.75) is 167 Å². The van der Waals surface area contributed by atoms with Crippen LogP contribution in [0.25, 0.3) is 0 Å². The number of nitrogens with two attached hydrogens (primary N) is 2. The molecule has 0 amide bonds. The molecule has 3 heterocycles. The highest BCUT2D eigenvalue weighted by molar-refractivity contribution is 6.28. The minimum Gasteiger partial charge on any atom is -0.330 e. The van der Waals surface area contributed by atoms with Crippen LogP contribution in [-0.2, 0) is 0 Å². The molecule has 1 aromatic heterocycles. The molecule has 4 unspecified atom stereocenters. The first-order valence-corrected chi connectivity index (χ1v) is 20.5. The molecule has 51 heavy (non-hydrogen) atoms. The lowest BCUT2D eigenvalue weighted by atomic mass is 9.68. The van der Waals surface area contributed by atoms with Crippen molar-refractivity contribution in [3.05, 3.63) is 16.9 Å². The second kappa shape index (κ2) is 21.2. The molecule has 2 aliphatic heterocycles. The lowest BCUT2D eigenvalue weighted by Crippen LogP contribution is -2.67. The van der Waals surface area contributed by atoms with E-state index in [-0.39, 0.29) is 46.1 Å². The SMILES string of the molecule is CCCCNC1CC(C)(C)N(C)C(C)(C)C1c1nc(Cl)nc(C2C(NCCCC)CC(C)(C)N(C)C2(C)C)n1.NCCCNCCNCCCN. The second-order valence-corrected chi connectivity index (χ2v) is 17.7. The molecule has 298 valence electrons. The van der Waals surface area contributed by atoms with Crippen molar-refractivity contribution in [3.8, 4) is 0 Å². The van der Waals surface area contributed by atoms with Crippen molar-refractivity contribution in [3.63, 3.8) is 0 Å². The molecular formula is C39H80ClN11. The normalized spacial score (nSPS) is 25.7. The van der Waals surface area contributed by atoms with Crippen LogP contribution in [0.1, 0.15) is 144 Å². The fraction of sp³-hybridized carbons (Fsp3) is 0.923. The number of likely N-dealkylation sites (tertiary alicyclic amines) is 2. The van der Waals surface area contributed by atoms with Crippen LogP contribution in [0, 0.1) is 0 Å². The summed E-state index contributed by atoms with van der Waals surface area (Å²) >= 11 is 6.78. The molecule has 2 aliphatic rings. The first-order chi connectivity index (χ1) is 23.9. The summed E-state index contributed by atoms with van der Waals surface area (Å²) < 4.78 is 0. The molecule has 0 aliphatic carbocycles. The Bertz CT molecular complexity index is 1050. The molecule has 3 rings (SSSR count). The van der Waals surface area contributed by atoms with E-state index in [0.717, 1.165) is 103 Å². The molecule has 0 saturated carbocycles. The fourth-order valence-corrected chi connectivity index (χ4v) is 8.56.